The van der Waals surface area contributed by atoms with Gasteiger partial charge in [0, 0.05) is 12.1 Å². The number of nitrogens with two attached hydrogens (primary N) is 1. The molecule has 0 saturated carbocycles. The summed E-state index contributed by atoms with van der Waals surface area (Å²) in [6, 6.07) is 4.30. The summed E-state index contributed by atoms with van der Waals surface area (Å²) in [7, 11) is 1.49. The fourth-order valence-corrected chi connectivity index (χ4v) is 1.70. The molecule has 0 heterocycles. The van der Waals surface area contributed by atoms with Crippen LogP contribution in [0.15, 0.2) is 18.2 Å². The van der Waals surface area contributed by atoms with Gasteiger partial charge in [-0.15, -0.1) is 0 Å². The van der Waals surface area contributed by atoms with Crippen LogP contribution in [-0.2, 0) is 0 Å². The van der Waals surface area contributed by atoms with Crippen molar-refractivity contribution in [2.45, 2.75) is 26.2 Å². The average Bonchev–Trinajstić information content (AvgIpc) is 2.43. The summed E-state index contributed by atoms with van der Waals surface area (Å²) in [5, 5.41) is 5.39. The second-order valence-corrected chi connectivity index (χ2v) is 4.37. The minimum absolute atomic E-state index is 0.312. The molecule has 1 aromatic rings. The van der Waals surface area contributed by atoms with Crippen molar-refractivity contribution in [3.8, 4) is 5.75 Å². The van der Waals surface area contributed by atoms with Gasteiger partial charge < -0.3 is 21.1 Å². The van der Waals surface area contributed by atoms with E-state index < -0.39 is 5.91 Å². The molecule has 1 aromatic carbocycles. The van der Waals surface area contributed by atoms with E-state index in [2.05, 4.69) is 17.6 Å². The van der Waals surface area contributed by atoms with Gasteiger partial charge >= 0.3 is 6.03 Å². The maximum absolute atomic E-state index is 11.7. The Morgan fingerprint density at radius 1 is 1.30 bits per heavy atom. The van der Waals surface area contributed by atoms with E-state index >= 15 is 0 Å². The second kappa shape index (κ2) is 8.04. The molecule has 0 saturated heterocycles. The first kappa shape index (κ1) is 15.8. The number of carbonyl (C=O) groups is 2. The molecule has 0 aliphatic rings. The van der Waals surface area contributed by atoms with Gasteiger partial charge in [-0.1, -0.05) is 19.8 Å². The highest BCUT2D eigenvalue weighted by Crippen LogP contribution is 2.25. The first-order valence-electron chi connectivity index (χ1n) is 6.61. The second-order valence-electron chi connectivity index (χ2n) is 4.37. The van der Waals surface area contributed by atoms with E-state index in [9.17, 15) is 9.59 Å². The molecule has 0 aliphatic carbocycles. The number of anilines is 1. The fraction of sp³-hybridized carbons (Fsp3) is 0.429. The van der Waals surface area contributed by atoms with Gasteiger partial charge in [0.15, 0.2) is 0 Å². The molecule has 0 spiro atoms. The van der Waals surface area contributed by atoms with Crippen molar-refractivity contribution in [3.05, 3.63) is 23.8 Å². The topological polar surface area (TPSA) is 93.5 Å². The lowest BCUT2D eigenvalue weighted by molar-refractivity contribution is 0.1000. The zero-order chi connectivity index (χ0) is 15.0. The number of methoxy groups -OCH3 is 1. The third-order valence-corrected chi connectivity index (χ3v) is 2.80. The van der Waals surface area contributed by atoms with Gasteiger partial charge in [-0.2, -0.15) is 0 Å². The van der Waals surface area contributed by atoms with Crippen LogP contribution in [-0.4, -0.2) is 25.6 Å². The molecule has 0 atom stereocenters. The van der Waals surface area contributed by atoms with Crippen LogP contribution in [0.5, 0.6) is 5.75 Å². The van der Waals surface area contributed by atoms with E-state index in [0.717, 1.165) is 19.3 Å². The highest BCUT2D eigenvalue weighted by Gasteiger charge is 2.10. The van der Waals surface area contributed by atoms with Crippen LogP contribution < -0.4 is 21.1 Å². The molecule has 0 unspecified atom stereocenters. The Balaban J connectivity index is 2.67. The minimum Gasteiger partial charge on any atom is -0.495 e. The Labute approximate surface area is 118 Å². The summed E-state index contributed by atoms with van der Waals surface area (Å²) in [6.07, 6.45) is 3.10. The highest BCUT2D eigenvalue weighted by atomic mass is 16.5. The predicted octanol–water partition coefficient (Wildman–Crippen LogP) is 2.11. The Bertz CT molecular complexity index is 475. The third-order valence-electron chi connectivity index (χ3n) is 2.80. The fourth-order valence-electron chi connectivity index (χ4n) is 1.70. The lowest BCUT2D eigenvalue weighted by Crippen LogP contribution is -2.29. The minimum atomic E-state index is -0.556. The molecule has 4 N–H and O–H groups in total. The molecule has 6 nitrogen and oxygen atoms in total. The summed E-state index contributed by atoms with van der Waals surface area (Å²) in [6.45, 7) is 2.71. The number of primary amides is 1. The number of nitrogens with one attached hydrogen (secondary N) is 2. The summed E-state index contributed by atoms with van der Waals surface area (Å²) >= 11 is 0. The van der Waals surface area contributed by atoms with Crippen LogP contribution in [0.2, 0.25) is 0 Å². The molecule has 0 radical (unpaired) electrons. The summed E-state index contributed by atoms with van der Waals surface area (Å²) < 4.78 is 5.13. The molecule has 0 fully saturated rings. The quantitative estimate of drug-likeness (QED) is 0.667. The van der Waals surface area contributed by atoms with Crippen LogP contribution in [0.4, 0.5) is 10.5 Å². The molecule has 0 aromatic heterocycles. The largest absolute Gasteiger partial charge is 0.495 e. The molecule has 3 amide bonds. The SMILES string of the molecule is CCCCCNC(=O)Nc1cc(C(N)=O)ccc1OC. The number of unbranched alkanes of at least 4 members (excludes halogenated alkanes) is 2. The lowest BCUT2D eigenvalue weighted by atomic mass is 10.2. The molecule has 0 bridgehead atoms. The standard InChI is InChI=1S/C14H21N3O3/c1-3-4-5-8-16-14(19)17-11-9-10(13(15)18)6-7-12(11)20-2/h6-7,9H,3-5,8H2,1-2H3,(H2,15,18)(H2,16,17,19). The van der Waals surface area contributed by atoms with Gasteiger partial charge in [-0.25, -0.2) is 4.79 Å². The smallest absolute Gasteiger partial charge is 0.319 e. The molecular weight excluding hydrogens is 258 g/mol. The van der Waals surface area contributed by atoms with Crippen molar-refractivity contribution in [1.29, 1.82) is 0 Å². The summed E-state index contributed by atoms with van der Waals surface area (Å²) in [4.78, 5) is 22.9. The first-order valence-corrected chi connectivity index (χ1v) is 6.61. The predicted molar refractivity (Wildman–Crippen MR) is 78.1 cm³/mol. The van der Waals surface area contributed by atoms with Crippen LogP contribution in [0.1, 0.15) is 36.5 Å². The van der Waals surface area contributed by atoms with Gasteiger partial charge in [-0.05, 0) is 24.6 Å². The Hall–Kier alpha value is -2.24. The van der Waals surface area contributed by atoms with Crippen molar-refractivity contribution in [3.63, 3.8) is 0 Å². The van der Waals surface area contributed by atoms with Crippen molar-refractivity contribution in [2.24, 2.45) is 5.73 Å². The summed E-state index contributed by atoms with van der Waals surface area (Å²) in [5.41, 5.74) is 5.94. The van der Waals surface area contributed by atoms with Gasteiger partial charge in [0.25, 0.3) is 0 Å². The number of amides is 3. The number of carbonyl (C=O) groups excluding carboxylic acids is 2. The maximum Gasteiger partial charge on any atom is 0.319 e. The average molecular weight is 279 g/mol. The van der Waals surface area contributed by atoms with Gasteiger partial charge in [-0.3, -0.25) is 4.79 Å². The molecule has 6 heteroatoms. The molecule has 110 valence electrons. The Morgan fingerprint density at radius 2 is 2.05 bits per heavy atom. The zero-order valence-electron chi connectivity index (χ0n) is 11.9. The van der Waals surface area contributed by atoms with Crippen molar-refractivity contribution in [1.82, 2.24) is 5.32 Å². The van der Waals surface area contributed by atoms with Crippen LogP contribution in [0.3, 0.4) is 0 Å². The number of hydrogen-bond acceptors (Lipinski definition) is 3. The van der Waals surface area contributed by atoms with Crippen LogP contribution >= 0.6 is 0 Å². The van der Waals surface area contributed by atoms with Crippen molar-refractivity contribution >= 4 is 17.6 Å². The van der Waals surface area contributed by atoms with E-state index in [0.29, 0.717) is 23.5 Å². The Kier molecular flexibility index (Phi) is 6.36. The monoisotopic (exact) mass is 279 g/mol. The van der Waals surface area contributed by atoms with Crippen molar-refractivity contribution in [2.75, 3.05) is 19.0 Å². The van der Waals surface area contributed by atoms with Gasteiger partial charge in [0.05, 0.1) is 12.8 Å². The lowest BCUT2D eigenvalue weighted by Gasteiger charge is -2.12. The van der Waals surface area contributed by atoms with E-state index in [1.54, 1.807) is 12.1 Å². The maximum atomic E-state index is 11.7. The normalized spacial score (nSPS) is 9.90. The first-order chi connectivity index (χ1) is 9.58. The summed E-state index contributed by atoms with van der Waals surface area (Å²) in [5.74, 6) is -0.0854. The third kappa shape index (κ3) is 4.79. The van der Waals surface area contributed by atoms with E-state index in [4.69, 9.17) is 10.5 Å². The van der Waals surface area contributed by atoms with E-state index in [1.165, 1.54) is 13.2 Å². The number of rotatable bonds is 7. The van der Waals surface area contributed by atoms with Gasteiger partial charge in [0.1, 0.15) is 5.75 Å². The Morgan fingerprint density at radius 3 is 2.65 bits per heavy atom. The molecule has 0 aliphatic heterocycles. The number of hydrogen-bond donors (Lipinski definition) is 3. The van der Waals surface area contributed by atoms with Crippen LogP contribution in [0.25, 0.3) is 0 Å². The number of benzene rings is 1. The van der Waals surface area contributed by atoms with Crippen molar-refractivity contribution < 1.29 is 14.3 Å². The highest BCUT2D eigenvalue weighted by molar-refractivity contribution is 5.97. The van der Waals surface area contributed by atoms with Crippen LogP contribution in [0, 0.1) is 0 Å². The number of ether oxygens (including phenoxy) is 1. The van der Waals surface area contributed by atoms with E-state index in [1.807, 2.05) is 0 Å². The molecule has 20 heavy (non-hydrogen) atoms. The van der Waals surface area contributed by atoms with E-state index in [-0.39, 0.29) is 6.03 Å². The molecular formula is C14H21N3O3. The molecule has 1 rings (SSSR count). The van der Waals surface area contributed by atoms with Gasteiger partial charge in [0.2, 0.25) is 5.91 Å². The number of urea groups is 1. The zero-order valence-corrected chi connectivity index (χ0v) is 11.9.